The average Bonchev–Trinajstić information content (AvgIpc) is 2.64. The number of hydrogen-bond donors (Lipinski definition) is 1. The second-order valence-electron chi connectivity index (χ2n) is 5.11. The number of carboxylic acids is 1. The lowest BCUT2D eigenvalue weighted by Gasteiger charge is -2.34. The molecule has 1 aliphatic heterocycles. The molecule has 5 nitrogen and oxygen atoms in total. The molecule has 1 saturated heterocycles. The normalized spacial score (nSPS) is 31.0. The van der Waals surface area contributed by atoms with E-state index < -0.39 is 17.9 Å². The van der Waals surface area contributed by atoms with E-state index in [1.165, 1.54) is 4.90 Å². The summed E-state index contributed by atoms with van der Waals surface area (Å²) in [7, 11) is 0. The highest BCUT2D eigenvalue weighted by atomic mass is 16.4. The Morgan fingerprint density at radius 2 is 1.82 bits per heavy atom. The van der Waals surface area contributed by atoms with Crippen LogP contribution in [0.15, 0.2) is 0 Å². The maximum atomic E-state index is 11.9. The largest absolute Gasteiger partial charge is 0.481 e. The predicted molar refractivity (Wildman–Crippen MR) is 59.0 cm³/mol. The van der Waals surface area contributed by atoms with Crippen LogP contribution in [0.3, 0.4) is 0 Å². The Kier molecular flexibility index (Phi) is 3.17. The molecule has 94 valence electrons. The standard InChI is InChI=1S/C12H17NO4/c1-7-5-10(14)13(11(15)6-7)9-4-2-3-8(9)12(16)17/h7-9H,2-6H2,1H3,(H,16,17). The second kappa shape index (κ2) is 4.47. The van der Waals surface area contributed by atoms with Crippen LogP contribution < -0.4 is 0 Å². The number of rotatable bonds is 2. The van der Waals surface area contributed by atoms with Crippen molar-refractivity contribution in [3.63, 3.8) is 0 Å². The Hall–Kier alpha value is -1.39. The molecule has 2 unspecified atom stereocenters. The summed E-state index contributed by atoms with van der Waals surface area (Å²) in [5, 5.41) is 9.09. The van der Waals surface area contributed by atoms with E-state index in [0.717, 1.165) is 6.42 Å². The smallest absolute Gasteiger partial charge is 0.308 e. The number of aliphatic carboxylic acids is 1. The molecule has 5 heteroatoms. The van der Waals surface area contributed by atoms with Gasteiger partial charge in [0.2, 0.25) is 11.8 Å². The Morgan fingerprint density at radius 3 is 2.35 bits per heavy atom. The summed E-state index contributed by atoms with van der Waals surface area (Å²) in [5.41, 5.74) is 0. The number of nitrogens with zero attached hydrogens (tertiary/aromatic N) is 1. The number of carbonyl (C=O) groups excluding carboxylic acids is 2. The van der Waals surface area contributed by atoms with Crippen LogP contribution >= 0.6 is 0 Å². The molecule has 0 spiro atoms. The summed E-state index contributed by atoms with van der Waals surface area (Å²) in [5.74, 6) is -1.79. The zero-order valence-corrected chi connectivity index (χ0v) is 9.89. The zero-order chi connectivity index (χ0) is 12.6. The lowest BCUT2D eigenvalue weighted by Crippen LogP contribution is -2.51. The highest BCUT2D eigenvalue weighted by Crippen LogP contribution is 2.33. The van der Waals surface area contributed by atoms with Gasteiger partial charge in [-0.2, -0.15) is 0 Å². The van der Waals surface area contributed by atoms with Gasteiger partial charge in [0, 0.05) is 12.8 Å². The molecular weight excluding hydrogens is 222 g/mol. The van der Waals surface area contributed by atoms with E-state index in [-0.39, 0.29) is 17.7 Å². The van der Waals surface area contributed by atoms with Crippen molar-refractivity contribution in [3.05, 3.63) is 0 Å². The molecule has 2 atom stereocenters. The Labute approximate surface area is 99.8 Å². The lowest BCUT2D eigenvalue weighted by molar-refractivity contribution is -0.156. The van der Waals surface area contributed by atoms with Gasteiger partial charge in [0.05, 0.1) is 12.0 Å². The first kappa shape index (κ1) is 12.1. The molecule has 2 fully saturated rings. The molecule has 1 N–H and O–H groups in total. The topological polar surface area (TPSA) is 74.7 Å². The Bertz CT molecular complexity index is 348. The lowest BCUT2D eigenvalue weighted by atomic mass is 9.93. The van der Waals surface area contributed by atoms with E-state index in [2.05, 4.69) is 0 Å². The van der Waals surface area contributed by atoms with Crippen LogP contribution in [0.4, 0.5) is 0 Å². The SMILES string of the molecule is CC1CC(=O)N(C2CCCC2C(=O)O)C(=O)C1. The quantitative estimate of drug-likeness (QED) is 0.730. The van der Waals surface area contributed by atoms with Crippen LogP contribution in [0.5, 0.6) is 0 Å². The van der Waals surface area contributed by atoms with Crippen molar-refractivity contribution in [1.82, 2.24) is 4.90 Å². The highest BCUT2D eigenvalue weighted by Gasteiger charge is 2.43. The first-order valence-corrected chi connectivity index (χ1v) is 6.08. The van der Waals surface area contributed by atoms with Crippen molar-refractivity contribution in [1.29, 1.82) is 0 Å². The zero-order valence-electron chi connectivity index (χ0n) is 9.89. The van der Waals surface area contributed by atoms with E-state index in [4.69, 9.17) is 5.11 Å². The van der Waals surface area contributed by atoms with Gasteiger partial charge in [-0.1, -0.05) is 13.3 Å². The van der Waals surface area contributed by atoms with E-state index in [9.17, 15) is 14.4 Å². The van der Waals surface area contributed by atoms with Gasteiger partial charge < -0.3 is 5.11 Å². The van der Waals surface area contributed by atoms with Crippen molar-refractivity contribution >= 4 is 17.8 Å². The van der Waals surface area contributed by atoms with Crippen molar-refractivity contribution in [2.24, 2.45) is 11.8 Å². The third kappa shape index (κ3) is 2.18. The van der Waals surface area contributed by atoms with Gasteiger partial charge in [0.15, 0.2) is 0 Å². The number of likely N-dealkylation sites (tertiary alicyclic amines) is 1. The van der Waals surface area contributed by atoms with Crippen LogP contribution in [0.25, 0.3) is 0 Å². The van der Waals surface area contributed by atoms with Crippen LogP contribution in [-0.4, -0.2) is 33.8 Å². The minimum atomic E-state index is -0.897. The summed E-state index contributed by atoms with van der Waals surface area (Å²) in [4.78, 5) is 36.1. The molecule has 1 aliphatic carbocycles. The highest BCUT2D eigenvalue weighted by molar-refractivity contribution is 5.98. The summed E-state index contributed by atoms with van der Waals surface area (Å²) in [6.07, 6.45) is 2.67. The minimum Gasteiger partial charge on any atom is -0.481 e. The average molecular weight is 239 g/mol. The van der Waals surface area contributed by atoms with Gasteiger partial charge in [-0.15, -0.1) is 0 Å². The fourth-order valence-electron chi connectivity index (χ4n) is 2.91. The van der Waals surface area contributed by atoms with Gasteiger partial charge in [0.25, 0.3) is 0 Å². The first-order chi connectivity index (χ1) is 8.00. The molecule has 0 aromatic rings. The van der Waals surface area contributed by atoms with Crippen LogP contribution in [0, 0.1) is 11.8 Å². The number of amides is 2. The van der Waals surface area contributed by atoms with Crippen LogP contribution in [-0.2, 0) is 14.4 Å². The Balaban J connectivity index is 2.18. The van der Waals surface area contributed by atoms with Gasteiger partial charge >= 0.3 is 5.97 Å². The first-order valence-electron chi connectivity index (χ1n) is 6.08. The molecule has 1 heterocycles. The van der Waals surface area contributed by atoms with Crippen LogP contribution in [0.1, 0.15) is 39.0 Å². The summed E-state index contributed by atoms with van der Waals surface area (Å²) in [6.45, 7) is 1.87. The molecule has 2 amide bonds. The van der Waals surface area contributed by atoms with Gasteiger partial charge in [-0.05, 0) is 18.8 Å². The summed E-state index contributed by atoms with van der Waals surface area (Å²) >= 11 is 0. The summed E-state index contributed by atoms with van der Waals surface area (Å²) in [6, 6.07) is -0.417. The number of hydrogen-bond acceptors (Lipinski definition) is 3. The number of imide groups is 1. The van der Waals surface area contributed by atoms with Crippen molar-refractivity contribution in [2.75, 3.05) is 0 Å². The molecule has 0 bridgehead atoms. The van der Waals surface area contributed by atoms with E-state index in [0.29, 0.717) is 25.7 Å². The predicted octanol–water partition coefficient (Wildman–Crippen LogP) is 1.02. The van der Waals surface area contributed by atoms with E-state index in [1.54, 1.807) is 0 Å². The molecule has 0 radical (unpaired) electrons. The molecule has 17 heavy (non-hydrogen) atoms. The maximum absolute atomic E-state index is 11.9. The molecular formula is C12H17NO4. The molecule has 1 saturated carbocycles. The minimum absolute atomic E-state index is 0.0796. The fraction of sp³-hybridized carbons (Fsp3) is 0.750. The molecule has 2 aliphatic rings. The van der Waals surface area contributed by atoms with E-state index >= 15 is 0 Å². The van der Waals surface area contributed by atoms with Crippen molar-refractivity contribution in [2.45, 2.75) is 45.1 Å². The van der Waals surface area contributed by atoms with Gasteiger partial charge in [-0.25, -0.2) is 0 Å². The van der Waals surface area contributed by atoms with Crippen LogP contribution in [0.2, 0.25) is 0 Å². The van der Waals surface area contributed by atoms with Crippen molar-refractivity contribution < 1.29 is 19.5 Å². The second-order valence-corrected chi connectivity index (χ2v) is 5.11. The third-order valence-electron chi connectivity index (χ3n) is 3.71. The summed E-state index contributed by atoms with van der Waals surface area (Å²) < 4.78 is 0. The fourth-order valence-corrected chi connectivity index (χ4v) is 2.91. The molecule has 0 aromatic heterocycles. The monoisotopic (exact) mass is 239 g/mol. The number of piperidine rings is 1. The van der Waals surface area contributed by atoms with Gasteiger partial charge in [0.1, 0.15) is 0 Å². The van der Waals surface area contributed by atoms with E-state index in [1.807, 2.05) is 6.92 Å². The Morgan fingerprint density at radius 1 is 1.24 bits per heavy atom. The number of carbonyl (C=O) groups is 3. The number of carboxylic acid groups (broad SMARTS) is 1. The molecule has 0 aromatic carbocycles. The maximum Gasteiger partial charge on any atom is 0.308 e. The third-order valence-corrected chi connectivity index (χ3v) is 3.71. The molecule has 2 rings (SSSR count). The van der Waals surface area contributed by atoms with Gasteiger partial charge in [-0.3, -0.25) is 19.3 Å². The van der Waals surface area contributed by atoms with Crippen molar-refractivity contribution in [3.8, 4) is 0 Å².